The molecule has 4 rings (SSSR count). The molecule has 7 nitrogen and oxygen atoms in total. The minimum absolute atomic E-state index is 0.00443. The third kappa shape index (κ3) is 2.67. The van der Waals surface area contributed by atoms with E-state index in [1.807, 2.05) is 11.0 Å². The first-order valence-electron chi connectivity index (χ1n) is 9.06. The minimum Gasteiger partial charge on any atom is -0.355 e. The van der Waals surface area contributed by atoms with Crippen molar-refractivity contribution in [2.75, 3.05) is 13.6 Å². The molecule has 2 aromatic heterocycles. The molecule has 1 aliphatic carbocycles. The van der Waals surface area contributed by atoms with Crippen LogP contribution in [0, 0.1) is 5.92 Å². The number of likely N-dealkylation sites (tertiary alicyclic amines) is 1. The first-order valence-corrected chi connectivity index (χ1v) is 9.06. The number of rotatable bonds is 3. The average molecular weight is 341 g/mol. The minimum atomic E-state index is -0.203. The highest BCUT2D eigenvalue weighted by Crippen LogP contribution is 2.36. The van der Waals surface area contributed by atoms with E-state index in [-0.39, 0.29) is 23.8 Å². The predicted molar refractivity (Wildman–Crippen MR) is 92.0 cm³/mol. The van der Waals surface area contributed by atoms with Crippen molar-refractivity contribution in [3.63, 3.8) is 0 Å². The van der Waals surface area contributed by atoms with Gasteiger partial charge in [0.15, 0.2) is 5.65 Å². The molecule has 2 aromatic rings. The van der Waals surface area contributed by atoms with Crippen LogP contribution in [0.5, 0.6) is 0 Å². The van der Waals surface area contributed by atoms with Gasteiger partial charge >= 0.3 is 0 Å². The molecular formula is C18H23N5O2. The Balaban J connectivity index is 1.72. The largest absolute Gasteiger partial charge is 0.355 e. The highest BCUT2D eigenvalue weighted by molar-refractivity contribution is 5.99. The van der Waals surface area contributed by atoms with Crippen LogP contribution in [0.25, 0.3) is 5.65 Å². The predicted octanol–water partition coefficient (Wildman–Crippen LogP) is 1.94. The summed E-state index contributed by atoms with van der Waals surface area (Å²) in [5.74, 6) is 0.266. The zero-order valence-corrected chi connectivity index (χ0v) is 14.4. The standard InChI is InChI=1S/C18H23N5O2/c1-19-17(24)13-11-21-23-15(8-9-20-16(13)23)14-7-2-3-10-22(14)18(25)12-5-4-6-12/h8-9,11-12,14H,2-7,10H2,1H3,(H,19,24)/t14-/m1/s1. The van der Waals surface area contributed by atoms with Crippen molar-refractivity contribution in [3.05, 3.63) is 29.7 Å². The number of carbonyl (C=O) groups excluding carboxylic acids is 2. The molecule has 1 saturated heterocycles. The van der Waals surface area contributed by atoms with Gasteiger partial charge in [-0.25, -0.2) is 9.50 Å². The second kappa shape index (κ2) is 6.46. The lowest BCUT2D eigenvalue weighted by Crippen LogP contribution is -2.44. The fourth-order valence-electron chi connectivity index (χ4n) is 3.85. The van der Waals surface area contributed by atoms with Crippen molar-refractivity contribution >= 4 is 17.5 Å². The summed E-state index contributed by atoms with van der Waals surface area (Å²) in [6, 6.07) is 1.93. The van der Waals surface area contributed by atoms with Gasteiger partial charge in [-0.3, -0.25) is 9.59 Å². The number of nitrogens with zero attached hydrogens (tertiary/aromatic N) is 4. The van der Waals surface area contributed by atoms with Crippen LogP contribution in [0.2, 0.25) is 0 Å². The SMILES string of the molecule is CNC(=O)c1cnn2c([C@H]3CCCCN3C(=O)C3CCC3)ccnc12. The smallest absolute Gasteiger partial charge is 0.256 e. The van der Waals surface area contributed by atoms with Gasteiger partial charge < -0.3 is 10.2 Å². The monoisotopic (exact) mass is 341 g/mol. The Morgan fingerprint density at radius 1 is 1.20 bits per heavy atom. The molecule has 0 spiro atoms. The Morgan fingerprint density at radius 3 is 2.76 bits per heavy atom. The Kier molecular flexibility index (Phi) is 4.15. The van der Waals surface area contributed by atoms with Crippen molar-refractivity contribution in [2.24, 2.45) is 5.92 Å². The maximum Gasteiger partial charge on any atom is 0.256 e. The lowest BCUT2D eigenvalue weighted by molar-refractivity contribution is -0.142. The Morgan fingerprint density at radius 2 is 2.04 bits per heavy atom. The van der Waals surface area contributed by atoms with E-state index < -0.39 is 0 Å². The fourth-order valence-corrected chi connectivity index (χ4v) is 3.85. The van der Waals surface area contributed by atoms with Crippen molar-refractivity contribution < 1.29 is 9.59 Å². The van der Waals surface area contributed by atoms with E-state index in [0.717, 1.165) is 50.8 Å². The molecule has 1 aliphatic heterocycles. The van der Waals surface area contributed by atoms with Crippen LogP contribution in [-0.4, -0.2) is 44.9 Å². The first kappa shape index (κ1) is 16.1. The molecule has 3 heterocycles. The van der Waals surface area contributed by atoms with Crippen LogP contribution in [-0.2, 0) is 4.79 Å². The van der Waals surface area contributed by atoms with E-state index in [9.17, 15) is 9.59 Å². The van der Waals surface area contributed by atoms with Gasteiger partial charge in [0.25, 0.3) is 5.91 Å². The Bertz CT molecular complexity index is 811. The summed E-state index contributed by atoms with van der Waals surface area (Å²) in [5, 5.41) is 7.01. The molecule has 2 aliphatic rings. The number of hydrogen-bond acceptors (Lipinski definition) is 4. The summed E-state index contributed by atoms with van der Waals surface area (Å²) in [6.45, 7) is 0.799. The van der Waals surface area contributed by atoms with E-state index in [1.54, 1.807) is 24.0 Å². The Labute approximate surface area is 146 Å². The molecule has 1 saturated carbocycles. The summed E-state index contributed by atoms with van der Waals surface area (Å²) in [7, 11) is 1.59. The number of nitrogens with one attached hydrogen (secondary N) is 1. The summed E-state index contributed by atoms with van der Waals surface area (Å²) in [5.41, 5.74) is 1.93. The van der Waals surface area contributed by atoms with Gasteiger partial charge in [-0.15, -0.1) is 0 Å². The number of aromatic nitrogens is 3. The normalized spacial score (nSPS) is 21.2. The maximum atomic E-state index is 12.9. The third-order valence-electron chi connectivity index (χ3n) is 5.48. The second-order valence-corrected chi connectivity index (χ2v) is 6.91. The lowest BCUT2D eigenvalue weighted by atomic mass is 9.83. The molecule has 7 heteroatoms. The zero-order chi connectivity index (χ0) is 17.4. The maximum absolute atomic E-state index is 12.9. The number of amides is 2. The molecule has 0 radical (unpaired) electrons. The summed E-state index contributed by atoms with van der Waals surface area (Å²) < 4.78 is 1.72. The van der Waals surface area contributed by atoms with E-state index >= 15 is 0 Å². The second-order valence-electron chi connectivity index (χ2n) is 6.91. The summed E-state index contributed by atoms with van der Waals surface area (Å²) in [4.78, 5) is 31.3. The highest BCUT2D eigenvalue weighted by Gasteiger charge is 2.36. The molecule has 25 heavy (non-hydrogen) atoms. The van der Waals surface area contributed by atoms with Crippen LogP contribution >= 0.6 is 0 Å². The molecule has 1 N–H and O–H groups in total. The lowest BCUT2D eigenvalue weighted by Gasteiger charge is -2.39. The van der Waals surface area contributed by atoms with Crippen LogP contribution in [0.15, 0.2) is 18.5 Å². The van der Waals surface area contributed by atoms with Gasteiger partial charge in [0.1, 0.15) is 5.56 Å². The van der Waals surface area contributed by atoms with Crippen molar-refractivity contribution in [2.45, 2.75) is 44.6 Å². The van der Waals surface area contributed by atoms with E-state index in [1.165, 1.54) is 0 Å². The van der Waals surface area contributed by atoms with Crippen molar-refractivity contribution in [1.82, 2.24) is 24.8 Å². The van der Waals surface area contributed by atoms with E-state index in [4.69, 9.17) is 0 Å². The highest BCUT2D eigenvalue weighted by atomic mass is 16.2. The van der Waals surface area contributed by atoms with Gasteiger partial charge in [-0.1, -0.05) is 6.42 Å². The van der Waals surface area contributed by atoms with Gasteiger partial charge in [0.2, 0.25) is 5.91 Å². The summed E-state index contributed by atoms with van der Waals surface area (Å²) in [6.07, 6.45) is 9.49. The average Bonchev–Trinajstić information content (AvgIpc) is 3.03. The number of piperidine rings is 1. The molecular weight excluding hydrogens is 318 g/mol. The third-order valence-corrected chi connectivity index (χ3v) is 5.48. The van der Waals surface area contributed by atoms with Crippen LogP contribution in [0.1, 0.15) is 60.6 Å². The molecule has 1 atom stereocenters. The number of fused-ring (bicyclic) bond motifs is 1. The molecule has 0 unspecified atom stereocenters. The molecule has 2 amide bonds. The molecule has 132 valence electrons. The van der Waals surface area contributed by atoms with Gasteiger partial charge in [-0.2, -0.15) is 5.10 Å². The fraction of sp³-hybridized carbons (Fsp3) is 0.556. The van der Waals surface area contributed by atoms with E-state index in [2.05, 4.69) is 15.4 Å². The van der Waals surface area contributed by atoms with Crippen molar-refractivity contribution in [1.29, 1.82) is 0 Å². The topological polar surface area (TPSA) is 79.6 Å². The first-order chi connectivity index (χ1) is 12.2. The van der Waals surface area contributed by atoms with Gasteiger partial charge in [-0.05, 0) is 38.2 Å². The van der Waals surface area contributed by atoms with Crippen LogP contribution in [0.4, 0.5) is 0 Å². The van der Waals surface area contributed by atoms with Crippen LogP contribution < -0.4 is 5.32 Å². The molecule has 2 fully saturated rings. The zero-order valence-electron chi connectivity index (χ0n) is 14.4. The van der Waals surface area contributed by atoms with E-state index in [0.29, 0.717) is 11.2 Å². The molecule has 0 bridgehead atoms. The Hall–Kier alpha value is -2.44. The van der Waals surface area contributed by atoms with Gasteiger partial charge in [0, 0.05) is 25.7 Å². The summed E-state index contributed by atoms with van der Waals surface area (Å²) >= 11 is 0. The number of carbonyl (C=O) groups is 2. The van der Waals surface area contributed by atoms with Gasteiger partial charge in [0.05, 0.1) is 17.9 Å². The number of hydrogen-bond donors (Lipinski definition) is 1. The van der Waals surface area contributed by atoms with Crippen LogP contribution in [0.3, 0.4) is 0 Å². The van der Waals surface area contributed by atoms with Crippen molar-refractivity contribution in [3.8, 4) is 0 Å². The quantitative estimate of drug-likeness (QED) is 0.925. The molecule has 0 aromatic carbocycles.